The van der Waals surface area contributed by atoms with Crippen LogP contribution < -0.4 is 4.90 Å². The van der Waals surface area contributed by atoms with Crippen molar-refractivity contribution in [1.29, 1.82) is 0 Å². The molecular weight excluding hydrogens is 741 g/mol. The van der Waals surface area contributed by atoms with Crippen LogP contribution in [0.3, 0.4) is 0 Å². The second-order valence-corrected chi connectivity index (χ2v) is 15.9. The average molecular weight is 779 g/mol. The summed E-state index contributed by atoms with van der Waals surface area (Å²) in [7, 11) is 0. The van der Waals surface area contributed by atoms with Crippen LogP contribution >= 0.6 is 0 Å². The van der Waals surface area contributed by atoms with Crippen LogP contribution in [0.25, 0.3) is 88.6 Å². The molecule has 1 aliphatic rings. The highest BCUT2D eigenvalue weighted by Gasteiger charge is 2.25. The van der Waals surface area contributed by atoms with Crippen molar-refractivity contribution >= 4 is 49.7 Å². The summed E-state index contributed by atoms with van der Waals surface area (Å²) in [4.78, 5) is 7.32. The van der Waals surface area contributed by atoms with Gasteiger partial charge in [0.15, 0.2) is 5.58 Å². The Balaban J connectivity index is 0.954. The lowest BCUT2D eigenvalue weighted by Crippen LogP contribution is -2.11. The molecule has 10 aromatic carbocycles. The number of hydrogen-bond acceptors (Lipinski definition) is 3. The predicted octanol–water partition coefficient (Wildman–Crippen LogP) is 15.8. The number of rotatable bonds is 7. The highest BCUT2D eigenvalue weighted by atomic mass is 16.3. The maximum Gasteiger partial charge on any atom is 0.227 e. The Morgan fingerprint density at radius 2 is 0.984 bits per heavy atom. The van der Waals surface area contributed by atoms with Crippen molar-refractivity contribution in [3.8, 4) is 56.0 Å². The fourth-order valence-electron chi connectivity index (χ4n) is 9.44. The van der Waals surface area contributed by atoms with E-state index in [0.717, 1.165) is 40.1 Å². The number of oxazole rings is 1. The van der Waals surface area contributed by atoms with Gasteiger partial charge < -0.3 is 9.32 Å². The summed E-state index contributed by atoms with van der Waals surface area (Å²) in [5.74, 6) is 0.651. The van der Waals surface area contributed by atoms with E-state index in [1.54, 1.807) is 0 Å². The van der Waals surface area contributed by atoms with Gasteiger partial charge in [0.25, 0.3) is 0 Å². The summed E-state index contributed by atoms with van der Waals surface area (Å²) in [6.45, 7) is 0. The molecule has 3 heteroatoms. The zero-order chi connectivity index (χ0) is 40.3. The molecule has 0 radical (unpaired) electrons. The molecule has 0 bridgehead atoms. The van der Waals surface area contributed by atoms with Gasteiger partial charge in [0.05, 0.1) is 5.69 Å². The molecular formula is C58H38N2O. The molecule has 0 N–H and O–H groups in total. The molecule has 0 saturated carbocycles. The lowest BCUT2D eigenvalue weighted by atomic mass is 9.93. The zero-order valence-electron chi connectivity index (χ0n) is 33.3. The van der Waals surface area contributed by atoms with Gasteiger partial charge in [-0.1, -0.05) is 158 Å². The van der Waals surface area contributed by atoms with Crippen LogP contribution in [0.4, 0.5) is 17.1 Å². The first kappa shape index (κ1) is 35.0. The van der Waals surface area contributed by atoms with E-state index in [1.165, 1.54) is 77.2 Å². The van der Waals surface area contributed by atoms with Crippen LogP contribution in [-0.2, 0) is 6.42 Å². The maximum atomic E-state index is 6.28. The van der Waals surface area contributed by atoms with E-state index in [4.69, 9.17) is 9.40 Å². The summed E-state index contributed by atoms with van der Waals surface area (Å²) in [6, 6.07) is 78.6. The SMILES string of the molecule is c1ccc(-c2nc3cc4c(cc3o2)Cc2cccc(-c3ccc(N(c5ccc(-c6cc7ccccc7c7ccccc67)cc5)c5ccccc5-c5ccccc5)cc3)c2-4)cc1. The van der Waals surface area contributed by atoms with Gasteiger partial charge in [-0.2, -0.15) is 0 Å². The summed E-state index contributed by atoms with van der Waals surface area (Å²) < 4.78 is 6.28. The molecule has 61 heavy (non-hydrogen) atoms. The number of aromatic nitrogens is 1. The van der Waals surface area contributed by atoms with Crippen molar-refractivity contribution in [2.24, 2.45) is 0 Å². The molecule has 0 saturated heterocycles. The van der Waals surface area contributed by atoms with Crippen LogP contribution in [0, 0.1) is 0 Å². The van der Waals surface area contributed by atoms with E-state index in [2.05, 4.69) is 193 Å². The largest absolute Gasteiger partial charge is 0.436 e. The third-order valence-electron chi connectivity index (χ3n) is 12.3. The molecule has 0 spiro atoms. The van der Waals surface area contributed by atoms with Gasteiger partial charge in [-0.3, -0.25) is 0 Å². The summed E-state index contributed by atoms with van der Waals surface area (Å²) in [5.41, 5.74) is 18.2. The van der Waals surface area contributed by atoms with Crippen LogP contribution in [0.1, 0.15) is 11.1 Å². The molecule has 12 rings (SSSR count). The Morgan fingerprint density at radius 3 is 1.74 bits per heavy atom. The number of benzene rings is 10. The molecule has 11 aromatic rings. The highest BCUT2D eigenvalue weighted by Crippen LogP contribution is 2.47. The predicted molar refractivity (Wildman–Crippen MR) is 254 cm³/mol. The first-order chi connectivity index (χ1) is 30.2. The smallest absolute Gasteiger partial charge is 0.227 e. The number of para-hydroxylation sites is 1. The van der Waals surface area contributed by atoms with Gasteiger partial charge in [-0.15, -0.1) is 0 Å². The van der Waals surface area contributed by atoms with Crippen molar-refractivity contribution in [2.75, 3.05) is 4.90 Å². The Hall–Kier alpha value is -8.01. The van der Waals surface area contributed by atoms with Crippen molar-refractivity contribution in [3.63, 3.8) is 0 Å². The van der Waals surface area contributed by atoms with Crippen molar-refractivity contribution in [2.45, 2.75) is 6.42 Å². The Morgan fingerprint density at radius 1 is 0.393 bits per heavy atom. The fourth-order valence-corrected chi connectivity index (χ4v) is 9.44. The second kappa shape index (κ2) is 14.4. The van der Waals surface area contributed by atoms with Crippen LogP contribution in [-0.4, -0.2) is 4.98 Å². The van der Waals surface area contributed by atoms with Gasteiger partial charge in [0, 0.05) is 22.5 Å². The molecule has 1 aliphatic carbocycles. The highest BCUT2D eigenvalue weighted by molar-refractivity contribution is 6.13. The topological polar surface area (TPSA) is 29.3 Å². The quantitative estimate of drug-likeness (QED) is 0.151. The van der Waals surface area contributed by atoms with E-state index in [9.17, 15) is 0 Å². The summed E-state index contributed by atoms with van der Waals surface area (Å²) in [5, 5.41) is 5.05. The van der Waals surface area contributed by atoms with E-state index in [0.29, 0.717) is 5.89 Å². The van der Waals surface area contributed by atoms with Gasteiger partial charge in [0.2, 0.25) is 5.89 Å². The molecule has 0 atom stereocenters. The van der Waals surface area contributed by atoms with Crippen molar-refractivity contribution < 1.29 is 4.42 Å². The van der Waals surface area contributed by atoms with Gasteiger partial charge in [0.1, 0.15) is 5.52 Å². The van der Waals surface area contributed by atoms with E-state index < -0.39 is 0 Å². The number of anilines is 3. The molecule has 3 nitrogen and oxygen atoms in total. The molecule has 286 valence electrons. The lowest BCUT2D eigenvalue weighted by Gasteiger charge is -2.28. The minimum atomic E-state index is 0.651. The number of fused-ring (bicyclic) bond motifs is 7. The molecule has 0 unspecified atom stereocenters. The minimum Gasteiger partial charge on any atom is -0.436 e. The Kier molecular flexibility index (Phi) is 8.24. The fraction of sp³-hybridized carbons (Fsp3) is 0.0172. The number of nitrogens with zero attached hydrogens (tertiary/aromatic N) is 2. The van der Waals surface area contributed by atoms with Gasteiger partial charge >= 0.3 is 0 Å². The zero-order valence-corrected chi connectivity index (χ0v) is 33.3. The molecule has 1 aromatic heterocycles. The van der Waals surface area contributed by atoms with E-state index in [1.807, 2.05) is 30.3 Å². The lowest BCUT2D eigenvalue weighted by molar-refractivity contribution is 0.619. The monoisotopic (exact) mass is 778 g/mol. The first-order valence-electron chi connectivity index (χ1n) is 20.9. The molecule has 0 amide bonds. The van der Waals surface area contributed by atoms with Crippen molar-refractivity contribution in [1.82, 2.24) is 4.98 Å². The van der Waals surface area contributed by atoms with Gasteiger partial charge in [-0.05, 0) is 139 Å². The second-order valence-electron chi connectivity index (χ2n) is 15.9. The van der Waals surface area contributed by atoms with Crippen LogP contribution in [0.15, 0.2) is 223 Å². The van der Waals surface area contributed by atoms with Crippen molar-refractivity contribution in [3.05, 3.63) is 230 Å². The molecule has 0 aliphatic heterocycles. The van der Waals surface area contributed by atoms with E-state index in [-0.39, 0.29) is 0 Å². The summed E-state index contributed by atoms with van der Waals surface area (Å²) in [6.07, 6.45) is 0.864. The normalized spacial score (nSPS) is 11.9. The number of hydrogen-bond donors (Lipinski definition) is 0. The Labute approximate surface area is 354 Å². The van der Waals surface area contributed by atoms with E-state index >= 15 is 0 Å². The van der Waals surface area contributed by atoms with Crippen LogP contribution in [0.5, 0.6) is 0 Å². The standard InChI is InChI=1S/C58H38N2O/c1-3-14-38(15-4-1)48-21-11-12-25-55(48)60(46-32-28-40(29-33-46)52-35-42-18-7-8-20-47(42)50-22-9-10-23-51(50)52)45-30-26-39(27-31-45)49-24-13-19-43-34-44-36-56-54(37-53(44)57(43)49)59-58(61-56)41-16-5-2-6-17-41/h1-33,35-37H,34H2. The third-order valence-corrected chi connectivity index (χ3v) is 12.3. The third kappa shape index (κ3) is 6.01. The summed E-state index contributed by atoms with van der Waals surface area (Å²) >= 11 is 0. The minimum absolute atomic E-state index is 0.651. The Bertz CT molecular complexity index is 3420. The van der Waals surface area contributed by atoms with Crippen LogP contribution in [0.2, 0.25) is 0 Å². The first-order valence-corrected chi connectivity index (χ1v) is 20.9. The van der Waals surface area contributed by atoms with Gasteiger partial charge in [-0.25, -0.2) is 4.98 Å². The maximum absolute atomic E-state index is 6.28. The molecule has 1 heterocycles. The molecule has 0 fully saturated rings. The average Bonchev–Trinajstić information content (AvgIpc) is 3.92.